The third kappa shape index (κ3) is 3.98. The number of hydrogen-bond donors (Lipinski definition) is 1. The summed E-state index contributed by atoms with van der Waals surface area (Å²) in [6, 6.07) is 10.4. The van der Waals surface area contributed by atoms with Crippen LogP contribution in [0.1, 0.15) is 35.5 Å². The molecule has 2 aromatic rings. The van der Waals surface area contributed by atoms with Crippen LogP contribution in [0.5, 0.6) is 0 Å². The van der Waals surface area contributed by atoms with Crippen molar-refractivity contribution in [2.24, 2.45) is 0 Å². The molecule has 1 N–H and O–H groups in total. The van der Waals surface area contributed by atoms with Crippen molar-refractivity contribution in [3.8, 4) is 0 Å². The van der Waals surface area contributed by atoms with Gasteiger partial charge in [-0.15, -0.1) is 0 Å². The lowest BCUT2D eigenvalue weighted by Gasteiger charge is -2.38. The lowest BCUT2D eigenvalue weighted by atomic mass is 10.1. The Balaban J connectivity index is 1.63. The summed E-state index contributed by atoms with van der Waals surface area (Å²) in [5, 5.41) is 2.87. The van der Waals surface area contributed by atoms with Gasteiger partial charge in [-0.05, 0) is 57.0 Å². The minimum Gasteiger partial charge on any atom is -0.368 e. The summed E-state index contributed by atoms with van der Waals surface area (Å²) in [5.74, 6) is -0.119. The maximum absolute atomic E-state index is 12.0. The zero-order chi connectivity index (χ0) is 18.7. The fourth-order valence-corrected chi connectivity index (χ4v) is 3.33. The fourth-order valence-electron chi connectivity index (χ4n) is 3.33. The molecule has 0 radical (unpaired) electrons. The van der Waals surface area contributed by atoms with Gasteiger partial charge < -0.3 is 15.1 Å². The first-order valence-corrected chi connectivity index (χ1v) is 9.28. The topological polar surface area (TPSA) is 48.5 Å². The number of piperazine rings is 1. The molecular formula is C21H28N4O. The Labute approximate surface area is 156 Å². The Hall–Kier alpha value is -2.56. The van der Waals surface area contributed by atoms with Crippen LogP contribution in [-0.4, -0.2) is 43.1 Å². The van der Waals surface area contributed by atoms with Crippen molar-refractivity contribution >= 4 is 17.3 Å². The molecule has 0 unspecified atom stereocenters. The van der Waals surface area contributed by atoms with Crippen LogP contribution in [-0.2, 0) is 0 Å². The van der Waals surface area contributed by atoms with Gasteiger partial charge in [0.2, 0.25) is 0 Å². The molecule has 1 aliphatic rings. The highest BCUT2D eigenvalue weighted by atomic mass is 16.1. The maximum Gasteiger partial charge on any atom is 0.270 e. The van der Waals surface area contributed by atoms with Crippen molar-refractivity contribution in [1.29, 1.82) is 0 Å². The lowest BCUT2D eigenvalue weighted by molar-refractivity contribution is 0.0938. The molecule has 0 bridgehead atoms. The van der Waals surface area contributed by atoms with Crippen LogP contribution in [0.15, 0.2) is 36.5 Å². The molecule has 0 spiro atoms. The van der Waals surface area contributed by atoms with Crippen LogP contribution in [0.2, 0.25) is 0 Å². The Kier molecular flexibility index (Phi) is 5.45. The number of anilines is 2. The number of rotatable bonds is 4. The number of amides is 1. The molecule has 0 aliphatic carbocycles. The highest BCUT2D eigenvalue weighted by Gasteiger charge is 2.19. The van der Waals surface area contributed by atoms with Gasteiger partial charge in [0.05, 0.1) is 11.9 Å². The first-order valence-electron chi connectivity index (χ1n) is 9.28. The summed E-state index contributed by atoms with van der Waals surface area (Å²) in [7, 11) is 0. The zero-order valence-corrected chi connectivity index (χ0v) is 16.1. The molecule has 1 saturated heterocycles. The molecule has 1 aliphatic heterocycles. The lowest BCUT2D eigenvalue weighted by Crippen LogP contribution is -2.46. The van der Waals surface area contributed by atoms with E-state index in [1.807, 2.05) is 32.2 Å². The number of benzene rings is 1. The van der Waals surface area contributed by atoms with Crippen LogP contribution in [0.3, 0.4) is 0 Å². The molecule has 1 fully saturated rings. The van der Waals surface area contributed by atoms with Gasteiger partial charge in [-0.2, -0.15) is 0 Å². The van der Waals surface area contributed by atoms with Crippen molar-refractivity contribution in [3.63, 3.8) is 0 Å². The standard InChI is InChI=1S/C21H28N4O/c1-15(2)23-21(26)19-9-8-18(14-22-19)24-10-12-25(13-11-24)20-7-5-6-16(3)17(20)4/h5-9,14-15H,10-13H2,1-4H3,(H,23,26). The van der Waals surface area contributed by atoms with Crippen molar-refractivity contribution in [1.82, 2.24) is 10.3 Å². The first-order chi connectivity index (χ1) is 12.5. The van der Waals surface area contributed by atoms with E-state index >= 15 is 0 Å². The molecule has 1 aromatic carbocycles. The number of hydrogen-bond acceptors (Lipinski definition) is 4. The summed E-state index contributed by atoms with van der Waals surface area (Å²) < 4.78 is 0. The Morgan fingerprint density at radius 1 is 1.04 bits per heavy atom. The molecule has 0 atom stereocenters. The number of aromatic nitrogens is 1. The molecule has 3 rings (SSSR count). The van der Waals surface area contributed by atoms with Gasteiger partial charge in [0.25, 0.3) is 5.91 Å². The van der Waals surface area contributed by atoms with E-state index in [-0.39, 0.29) is 11.9 Å². The Morgan fingerprint density at radius 2 is 1.73 bits per heavy atom. The SMILES string of the molecule is Cc1cccc(N2CCN(c3ccc(C(=O)NC(C)C)nc3)CC2)c1C. The van der Waals surface area contributed by atoms with E-state index in [9.17, 15) is 4.79 Å². The normalized spacial score (nSPS) is 14.7. The average molecular weight is 352 g/mol. The molecule has 1 amide bonds. The number of carbonyl (C=O) groups is 1. The van der Waals surface area contributed by atoms with Gasteiger partial charge in [0, 0.05) is 37.9 Å². The monoisotopic (exact) mass is 352 g/mol. The summed E-state index contributed by atoms with van der Waals surface area (Å²) in [6.07, 6.45) is 1.81. The highest BCUT2D eigenvalue weighted by molar-refractivity contribution is 5.92. The maximum atomic E-state index is 12.0. The minimum atomic E-state index is -0.119. The molecule has 5 heteroatoms. The Morgan fingerprint density at radius 3 is 2.35 bits per heavy atom. The molecule has 1 aromatic heterocycles. The van der Waals surface area contributed by atoms with E-state index in [0.29, 0.717) is 5.69 Å². The summed E-state index contributed by atoms with van der Waals surface area (Å²) in [5.41, 5.74) is 5.58. The van der Waals surface area contributed by atoms with Crippen molar-refractivity contribution < 1.29 is 4.79 Å². The molecule has 2 heterocycles. The predicted octanol–water partition coefficient (Wildman–Crippen LogP) is 3.16. The second-order valence-corrected chi connectivity index (χ2v) is 7.22. The third-order valence-corrected chi connectivity index (χ3v) is 4.96. The van der Waals surface area contributed by atoms with E-state index in [0.717, 1.165) is 31.9 Å². The summed E-state index contributed by atoms with van der Waals surface area (Å²) >= 11 is 0. The fraction of sp³-hybridized carbons (Fsp3) is 0.429. The van der Waals surface area contributed by atoms with Gasteiger partial charge in [0.15, 0.2) is 0 Å². The number of aryl methyl sites for hydroxylation is 1. The highest BCUT2D eigenvalue weighted by Crippen LogP contribution is 2.25. The van der Waals surface area contributed by atoms with Crippen molar-refractivity contribution in [2.75, 3.05) is 36.0 Å². The number of pyridine rings is 1. The van der Waals surface area contributed by atoms with Crippen LogP contribution < -0.4 is 15.1 Å². The Bertz CT molecular complexity index is 762. The quantitative estimate of drug-likeness (QED) is 0.918. The first kappa shape index (κ1) is 18.2. The zero-order valence-electron chi connectivity index (χ0n) is 16.1. The van der Waals surface area contributed by atoms with E-state index in [1.165, 1.54) is 16.8 Å². The molecule has 5 nitrogen and oxygen atoms in total. The predicted molar refractivity (Wildman–Crippen MR) is 107 cm³/mol. The van der Waals surface area contributed by atoms with Gasteiger partial charge in [-0.25, -0.2) is 4.98 Å². The second kappa shape index (κ2) is 7.77. The van der Waals surface area contributed by atoms with Crippen LogP contribution in [0, 0.1) is 13.8 Å². The minimum absolute atomic E-state index is 0.113. The van der Waals surface area contributed by atoms with Gasteiger partial charge in [-0.1, -0.05) is 12.1 Å². The number of nitrogens with one attached hydrogen (secondary N) is 1. The van der Waals surface area contributed by atoms with Crippen molar-refractivity contribution in [3.05, 3.63) is 53.3 Å². The number of carbonyl (C=O) groups excluding carboxylic acids is 1. The smallest absolute Gasteiger partial charge is 0.270 e. The van der Waals surface area contributed by atoms with Crippen LogP contribution >= 0.6 is 0 Å². The van der Waals surface area contributed by atoms with Gasteiger partial charge >= 0.3 is 0 Å². The van der Waals surface area contributed by atoms with Gasteiger partial charge in [-0.3, -0.25) is 4.79 Å². The van der Waals surface area contributed by atoms with Crippen LogP contribution in [0.25, 0.3) is 0 Å². The number of nitrogens with zero attached hydrogens (tertiary/aromatic N) is 3. The average Bonchev–Trinajstić information content (AvgIpc) is 2.64. The van der Waals surface area contributed by atoms with E-state index in [2.05, 4.69) is 52.1 Å². The molecule has 0 saturated carbocycles. The molecule has 138 valence electrons. The third-order valence-electron chi connectivity index (χ3n) is 4.96. The van der Waals surface area contributed by atoms with E-state index < -0.39 is 0 Å². The summed E-state index contributed by atoms with van der Waals surface area (Å²) in [6.45, 7) is 12.1. The van der Waals surface area contributed by atoms with Gasteiger partial charge in [0.1, 0.15) is 5.69 Å². The molecule has 26 heavy (non-hydrogen) atoms. The largest absolute Gasteiger partial charge is 0.368 e. The summed E-state index contributed by atoms with van der Waals surface area (Å²) in [4.78, 5) is 21.1. The van der Waals surface area contributed by atoms with E-state index in [4.69, 9.17) is 0 Å². The second-order valence-electron chi connectivity index (χ2n) is 7.22. The van der Waals surface area contributed by atoms with E-state index in [1.54, 1.807) is 0 Å². The molecular weight excluding hydrogens is 324 g/mol. The van der Waals surface area contributed by atoms with Crippen molar-refractivity contribution in [2.45, 2.75) is 33.7 Å². The van der Waals surface area contributed by atoms with Crippen LogP contribution in [0.4, 0.5) is 11.4 Å².